The van der Waals surface area contributed by atoms with Crippen LogP contribution < -0.4 is 5.32 Å². The van der Waals surface area contributed by atoms with Crippen LogP contribution in [0.5, 0.6) is 0 Å². The number of hydrogen-bond donors (Lipinski definition) is 1. The summed E-state index contributed by atoms with van der Waals surface area (Å²) < 4.78 is 0. The highest BCUT2D eigenvalue weighted by molar-refractivity contribution is 6.36. The van der Waals surface area contributed by atoms with E-state index in [1.807, 2.05) is 75.4 Å². The molecule has 0 bridgehead atoms. The first kappa shape index (κ1) is 17.0. The summed E-state index contributed by atoms with van der Waals surface area (Å²) in [6.45, 7) is 6.39. The number of carbonyl (C=O) groups is 2. The van der Waals surface area contributed by atoms with Crippen LogP contribution in [0.3, 0.4) is 0 Å². The van der Waals surface area contributed by atoms with Crippen molar-refractivity contribution in [3.8, 4) is 0 Å². The molecule has 1 heterocycles. The second-order valence-electron chi connectivity index (χ2n) is 6.72. The molecule has 4 nitrogen and oxygen atoms in total. The summed E-state index contributed by atoms with van der Waals surface area (Å²) in [5, 5.41) is 3.16. The number of carbonyl (C=O) groups excluding carboxylic acids is 2. The molecule has 0 saturated carbocycles. The number of anilines is 1. The molecule has 2 aromatic carbocycles. The third-order valence-corrected chi connectivity index (χ3v) is 4.10. The number of hydrogen-bond acceptors (Lipinski definition) is 3. The molecule has 0 spiro atoms. The number of amides is 2. The molecule has 1 aliphatic heterocycles. The number of imide groups is 1. The fraction of sp³-hybridized carbons (Fsp3) is 0.238. The number of nitrogens with one attached hydrogen (secondary N) is 1. The lowest BCUT2D eigenvalue weighted by atomic mass is 10.0. The van der Waals surface area contributed by atoms with E-state index in [0.717, 1.165) is 16.8 Å². The minimum absolute atomic E-state index is 0.211. The first-order valence-corrected chi connectivity index (χ1v) is 8.47. The zero-order valence-corrected chi connectivity index (χ0v) is 14.7. The first-order valence-electron chi connectivity index (χ1n) is 8.47. The van der Waals surface area contributed by atoms with Crippen molar-refractivity contribution in [2.24, 2.45) is 5.92 Å². The number of nitrogens with zero attached hydrogens (tertiary/aromatic N) is 1. The van der Waals surface area contributed by atoms with Crippen molar-refractivity contribution in [1.29, 1.82) is 0 Å². The largest absolute Gasteiger partial charge is 0.350 e. The molecule has 0 aliphatic carbocycles. The smallest absolute Gasteiger partial charge is 0.278 e. The molecule has 128 valence electrons. The predicted molar refractivity (Wildman–Crippen MR) is 99.7 cm³/mol. The number of benzene rings is 2. The van der Waals surface area contributed by atoms with Gasteiger partial charge in [-0.05, 0) is 30.5 Å². The lowest BCUT2D eigenvalue weighted by molar-refractivity contribution is -0.137. The molecule has 0 atom stereocenters. The second-order valence-corrected chi connectivity index (χ2v) is 6.72. The Morgan fingerprint density at radius 2 is 1.56 bits per heavy atom. The Kier molecular flexibility index (Phi) is 4.70. The average Bonchev–Trinajstić information content (AvgIpc) is 2.81. The molecule has 1 aliphatic rings. The Morgan fingerprint density at radius 1 is 0.920 bits per heavy atom. The molecule has 25 heavy (non-hydrogen) atoms. The zero-order chi connectivity index (χ0) is 18.0. The van der Waals surface area contributed by atoms with Gasteiger partial charge in [-0.15, -0.1) is 0 Å². The minimum Gasteiger partial charge on any atom is -0.350 e. The molecule has 3 rings (SSSR count). The van der Waals surface area contributed by atoms with Crippen LogP contribution in [0.4, 0.5) is 5.69 Å². The van der Waals surface area contributed by atoms with Gasteiger partial charge in [0.2, 0.25) is 0 Å². The van der Waals surface area contributed by atoms with Crippen LogP contribution in [0.2, 0.25) is 0 Å². The number of para-hydroxylation sites is 1. The summed E-state index contributed by atoms with van der Waals surface area (Å²) in [5.74, 6) is -0.289. The van der Waals surface area contributed by atoms with Crippen LogP contribution in [-0.4, -0.2) is 23.3 Å². The van der Waals surface area contributed by atoms with Crippen LogP contribution in [0.25, 0.3) is 5.57 Å². The Morgan fingerprint density at radius 3 is 2.16 bits per heavy atom. The van der Waals surface area contributed by atoms with E-state index in [9.17, 15) is 9.59 Å². The van der Waals surface area contributed by atoms with Crippen molar-refractivity contribution in [3.05, 3.63) is 71.4 Å². The van der Waals surface area contributed by atoms with Gasteiger partial charge in [0.1, 0.15) is 5.70 Å². The Hall–Kier alpha value is -2.88. The van der Waals surface area contributed by atoms with Gasteiger partial charge in [0, 0.05) is 12.2 Å². The molecule has 0 saturated heterocycles. The monoisotopic (exact) mass is 334 g/mol. The lowest BCUT2D eigenvalue weighted by Gasteiger charge is -2.17. The number of rotatable bonds is 5. The quantitative estimate of drug-likeness (QED) is 0.845. The molecular weight excluding hydrogens is 312 g/mol. The van der Waals surface area contributed by atoms with E-state index < -0.39 is 0 Å². The zero-order valence-electron chi connectivity index (χ0n) is 14.7. The average molecular weight is 334 g/mol. The van der Waals surface area contributed by atoms with Crippen LogP contribution in [0.15, 0.2) is 60.3 Å². The third kappa shape index (κ3) is 3.48. The van der Waals surface area contributed by atoms with E-state index in [1.54, 1.807) is 0 Å². The molecule has 4 heteroatoms. The fourth-order valence-corrected chi connectivity index (χ4v) is 2.88. The summed E-state index contributed by atoms with van der Waals surface area (Å²) in [6.07, 6.45) is 0. The van der Waals surface area contributed by atoms with Crippen molar-refractivity contribution >= 4 is 23.1 Å². The number of aryl methyl sites for hydroxylation is 1. The maximum absolute atomic E-state index is 12.9. The minimum atomic E-state index is -0.266. The highest BCUT2D eigenvalue weighted by atomic mass is 16.2. The predicted octanol–water partition coefficient (Wildman–Crippen LogP) is 3.84. The molecule has 0 aromatic heterocycles. The summed E-state index contributed by atoms with van der Waals surface area (Å²) in [6, 6.07) is 17.1. The van der Waals surface area contributed by atoms with Crippen molar-refractivity contribution in [2.45, 2.75) is 20.8 Å². The maximum Gasteiger partial charge on any atom is 0.278 e. The van der Waals surface area contributed by atoms with Gasteiger partial charge in [0.25, 0.3) is 11.8 Å². The second kappa shape index (κ2) is 6.93. The van der Waals surface area contributed by atoms with Gasteiger partial charge in [-0.25, -0.2) is 0 Å². The van der Waals surface area contributed by atoms with Gasteiger partial charge >= 0.3 is 0 Å². The van der Waals surface area contributed by atoms with E-state index in [4.69, 9.17) is 0 Å². The maximum atomic E-state index is 12.9. The van der Waals surface area contributed by atoms with Crippen LogP contribution in [0, 0.1) is 12.8 Å². The van der Waals surface area contributed by atoms with Crippen molar-refractivity contribution < 1.29 is 9.59 Å². The van der Waals surface area contributed by atoms with E-state index in [1.165, 1.54) is 4.90 Å². The van der Waals surface area contributed by atoms with Gasteiger partial charge in [0.15, 0.2) is 0 Å². The van der Waals surface area contributed by atoms with Gasteiger partial charge < -0.3 is 5.32 Å². The SMILES string of the molecule is Cc1ccc(C2=C(Nc3ccccc3)C(=O)N(CC(C)C)C2=O)cc1. The molecule has 2 amide bonds. The van der Waals surface area contributed by atoms with Gasteiger partial charge in [0.05, 0.1) is 5.57 Å². The normalized spacial score (nSPS) is 14.6. The van der Waals surface area contributed by atoms with Crippen LogP contribution in [-0.2, 0) is 9.59 Å². The fourth-order valence-electron chi connectivity index (χ4n) is 2.88. The Labute approximate surface area is 148 Å². The Bertz CT molecular complexity index is 821. The van der Waals surface area contributed by atoms with Crippen molar-refractivity contribution in [3.63, 3.8) is 0 Å². The standard InChI is InChI=1S/C21H22N2O2/c1-14(2)13-23-20(24)18(16-11-9-15(3)10-12-16)19(21(23)25)22-17-7-5-4-6-8-17/h4-12,14,22H,13H2,1-3H3. The van der Waals surface area contributed by atoms with Crippen LogP contribution >= 0.6 is 0 Å². The molecule has 0 radical (unpaired) electrons. The summed E-state index contributed by atoms with van der Waals surface area (Å²) in [4.78, 5) is 27.2. The lowest BCUT2D eigenvalue weighted by Crippen LogP contribution is -2.35. The van der Waals surface area contributed by atoms with Gasteiger partial charge in [-0.2, -0.15) is 0 Å². The highest BCUT2D eigenvalue weighted by Crippen LogP contribution is 2.31. The van der Waals surface area contributed by atoms with E-state index in [2.05, 4.69) is 5.32 Å². The van der Waals surface area contributed by atoms with Crippen molar-refractivity contribution in [1.82, 2.24) is 4.90 Å². The third-order valence-electron chi connectivity index (χ3n) is 4.10. The molecular formula is C21H22N2O2. The topological polar surface area (TPSA) is 49.4 Å². The Balaban J connectivity index is 2.05. The van der Waals surface area contributed by atoms with Gasteiger partial charge in [-0.1, -0.05) is 61.9 Å². The van der Waals surface area contributed by atoms with E-state index >= 15 is 0 Å². The van der Waals surface area contributed by atoms with E-state index in [-0.39, 0.29) is 17.7 Å². The van der Waals surface area contributed by atoms with Gasteiger partial charge in [-0.3, -0.25) is 14.5 Å². The first-order chi connectivity index (χ1) is 12.0. The van der Waals surface area contributed by atoms with Crippen molar-refractivity contribution in [2.75, 3.05) is 11.9 Å². The summed E-state index contributed by atoms with van der Waals surface area (Å²) >= 11 is 0. The summed E-state index contributed by atoms with van der Waals surface area (Å²) in [7, 11) is 0. The highest BCUT2D eigenvalue weighted by Gasteiger charge is 2.39. The molecule has 2 aromatic rings. The van der Waals surface area contributed by atoms with Crippen LogP contribution in [0.1, 0.15) is 25.0 Å². The van der Waals surface area contributed by atoms with E-state index in [0.29, 0.717) is 17.8 Å². The summed E-state index contributed by atoms with van der Waals surface area (Å²) in [5.41, 5.74) is 3.44. The molecule has 1 N–H and O–H groups in total. The molecule has 0 unspecified atom stereocenters. The molecule has 0 fully saturated rings.